The average molecular weight is 291 g/mol. The standard InChI is InChI=1S/C16H25N3O2/c1-2-15-17-8-5-13(18-15)12-19-9-6-16(7-10-19)14(20)4-3-11-21-16/h5,8,14,20H,2-4,6-7,9-12H2,1H3. The molecule has 116 valence electrons. The summed E-state index contributed by atoms with van der Waals surface area (Å²) in [5.74, 6) is 0.909. The van der Waals surface area contributed by atoms with Crippen molar-refractivity contribution in [1.82, 2.24) is 14.9 Å². The Morgan fingerprint density at radius 1 is 1.43 bits per heavy atom. The Bertz CT molecular complexity index is 472. The molecule has 3 rings (SSSR count). The zero-order valence-corrected chi connectivity index (χ0v) is 12.8. The van der Waals surface area contributed by atoms with Crippen LogP contribution in [-0.2, 0) is 17.7 Å². The lowest BCUT2D eigenvalue weighted by atomic mass is 9.82. The summed E-state index contributed by atoms with van der Waals surface area (Å²) in [4.78, 5) is 11.2. The van der Waals surface area contributed by atoms with Gasteiger partial charge in [-0.25, -0.2) is 9.97 Å². The van der Waals surface area contributed by atoms with E-state index in [1.54, 1.807) is 0 Å². The highest BCUT2D eigenvalue weighted by molar-refractivity contribution is 5.04. The van der Waals surface area contributed by atoms with E-state index in [1.165, 1.54) is 0 Å². The first-order valence-corrected chi connectivity index (χ1v) is 8.07. The van der Waals surface area contributed by atoms with Crippen LogP contribution in [0.2, 0.25) is 0 Å². The first-order chi connectivity index (χ1) is 10.2. The summed E-state index contributed by atoms with van der Waals surface area (Å²) in [6.07, 6.45) is 6.12. The molecule has 1 unspecified atom stereocenters. The number of hydrogen-bond donors (Lipinski definition) is 1. The van der Waals surface area contributed by atoms with Crippen LogP contribution in [0.1, 0.15) is 44.1 Å². The van der Waals surface area contributed by atoms with Gasteiger partial charge in [0.2, 0.25) is 0 Å². The molecule has 21 heavy (non-hydrogen) atoms. The van der Waals surface area contributed by atoms with E-state index in [2.05, 4.69) is 21.8 Å². The van der Waals surface area contributed by atoms with Crippen molar-refractivity contribution in [1.29, 1.82) is 0 Å². The Morgan fingerprint density at radius 3 is 2.95 bits per heavy atom. The molecular weight excluding hydrogens is 266 g/mol. The van der Waals surface area contributed by atoms with Crippen LogP contribution in [0.15, 0.2) is 12.3 Å². The third-order valence-corrected chi connectivity index (χ3v) is 4.79. The molecule has 1 atom stereocenters. The van der Waals surface area contributed by atoms with E-state index in [0.717, 1.165) is 69.9 Å². The van der Waals surface area contributed by atoms with Crippen molar-refractivity contribution in [3.63, 3.8) is 0 Å². The van der Waals surface area contributed by atoms with Gasteiger partial charge >= 0.3 is 0 Å². The van der Waals surface area contributed by atoms with E-state index >= 15 is 0 Å². The number of aliphatic hydroxyl groups excluding tert-OH is 1. The van der Waals surface area contributed by atoms with Gasteiger partial charge in [-0.1, -0.05) is 6.92 Å². The summed E-state index contributed by atoms with van der Waals surface area (Å²) in [6.45, 7) is 5.65. The SMILES string of the molecule is CCc1nccc(CN2CCC3(CC2)OCCCC3O)n1. The second-order valence-electron chi connectivity index (χ2n) is 6.17. The minimum absolute atomic E-state index is 0.283. The van der Waals surface area contributed by atoms with Gasteiger partial charge in [-0.2, -0.15) is 0 Å². The fraction of sp³-hybridized carbons (Fsp3) is 0.750. The number of piperidine rings is 1. The minimum atomic E-state index is -0.292. The summed E-state index contributed by atoms with van der Waals surface area (Å²) in [6, 6.07) is 2.00. The molecular formula is C16H25N3O2. The molecule has 0 amide bonds. The predicted octanol–water partition coefficient (Wildman–Crippen LogP) is 1.54. The summed E-state index contributed by atoms with van der Waals surface area (Å²) in [5, 5.41) is 10.3. The van der Waals surface area contributed by atoms with Crippen LogP contribution in [0, 0.1) is 0 Å². The van der Waals surface area contributed by atoms with Crippen molar-refractivity contribution in [2.75, 3.05) is 19.7 Å². The monoisotopic (exact) mass is 291 g/mol. The lowest BCUT2D eigenvalue weighted by molar-refractivity contribution is -0.177. The Hall–Kier alpha value is -1.04. The predicted molar refractivity (Wildman–Crippen MR) is 79.8 cm³/mol. The van der Waals surface area contributed by atoms with Gasteiger partial charge < -0.3 is 9.84 Å². The van der Waals surface area contributed by atoms with E-state index in [1.807, 2.05) is 12.3 Å². The molecule has 3 heterocycles. The van der Waals surface area contributed by atoms with E-state index < -0.39 is 0 Å². The Kier molecular flexibility index (Phi) is 4.52. The Labute approximate surface area is 126 Å². The van der Waals surface area contributed by atoms with Crippen LogP contribution < -0.4 is 0 Å². The van der Waals surface area contributed by atoms with Gasteiger partial charge in [-0.3, -0.25) is 4.90 Å². The van der Waals surface area contributed by atoms with Crippen molar-refractivity contribution >= 4 is 0 Å². The van der Waals surface area contributed by atoms with E-state index in [9.17, 15) is 5.11 Å². The number of rotatable bonds is 3. The van der Waals surface area contributed by atoms with Crippen molar-refractivity contribution in [2.45, 2.75) is 57.3 Å². The van der Waals surface area contributed by atoms with Crippen molar-refractivity contribution in [3.05, 3.63) is 23.8 Å². The first kappa shape index (κ1) is 14.9. The van der Waals surface area contributed by atoms with Crippen LogP contribution in [-0.4, -0.2) is 51.4 Å². The Morgan fingerprint density at radius 2 is 2.24 bits per heavy atom. The third kappa shape index (κ3) is 3.25. The molecule has 1 aromatic heterocycles. The topological polar surface area (TPSA) is 58.5 Å². The zero-order chi connectivity index (χ0) is 14.7. The van der Waals surface area contributed by atoms with Gasteiger partial charge in [0.1, 0.15) is 5.82 Å². The van der Waals surface area contributed by atoms with Crippen LogP contribution in [0.4, 0.5) is 0 Å². The van der Waals surface area contributed by atoms with Crippen molar-refractivity contribution < 1.29 is 9.84 Å². The third-order valence-electron chi connectivity index (χ3n) is 4.79. The number of nitrogens with zero attached hydrogens (tertiary/aromatic N) is 3. The molecule has 0 radical (unpaired) electrons. The summed E-state index contributed by atoms with van der Waals surface area (Å²) in [7, 11) is 0. The van der Waals surface area contributed by atoms with Gasteiger partial charge in [0, 0.05) is 38.9 Å². The number of aryl methyl sites for hydroxylation is 1. The fourth-order valence-corrected chi connectivity index (χ4v) is 3.41. The zero-order valence-electron chi connectivity index (χ0n) is 12.8. The second kappa shape index (κ2) is 6.38. The molecule has 2 fully saturated rings. The molecule has 0 aromatic carbocycles. The van der Waals surface area contributed by atoms with Gasteiger partial charge in [0.15, 0.2) is 0 Å². The maximum atomic E-state index is 10.3. The summed E-state index contributed by atoms with van der Waals surface area (Å²) >= 11 is 0. The molecule has 0 bridgehead atoms. The molecule has 1 aromatic rings. The van der Waals surface area contributed by atoms with E-state index in [4.69, 9.17) is 4.74 Å². The molecule has 5 heteroatoms. The largest absolute Gasteiger partial charge is 0.390 e. The van der Waals surface area contributed by atoms with Gasteiger partial charge in [0.05, 0.1) is 17.4 Å². The number of aliphatic hydroxyl groups is 1. The highest BCUT2D eigenvalue weighted by Crippen LogP contribution is 2.35. The summed E-state index contributed by atoms with van der Waals surface area (Å²) < 4.78 is 5.95. The maximum Gasteiger partial charge on any atom is 0.128 e. The van der Waals surface area contributed by atoms with Gasteiger partial charge in [0.25, 0.3) is 0 Å². The Balaban J connectivity index is 1.58. The second-order valence-corrected chi connectivity index (χ2v) is 6.17. The van der Waals surface area contributed by atoms with Crippen LogP contribution in [0.5, 0.6) is 0 Å². The fourth-order valence-electron chi connectivity index (χ4n) is 3.41. The molecule has 0 aliphatic carbocycles. The summed E-state index contributed by atoms with van der Waals surface area (Å²) in [5.41, 5.74) is 0.803. The van der Waals surface area contributed by atoms with Gasteiger partial charge in [-0.05, 0) is 31.7 Å². The van der Waals surface area contributed by atoms with Crippen molar-refractivity contribution in [2.24, 2.45) is 0 Å². The normalized spacial score (nSPS) is 26.1. The van der Waals surface area contributed by atoms with Crippen LogP contribution in [0.25, 0.3) is 0 Å². The number of hydrogen-bond acceptors (Lipinski definition) is 5. The lowest BCUT2D eigenvalue weighted by Crippen LogP contribution is -2.55. The highest BCUT2D eigenvalue weighted by Gasteiger charge is 2.43. The molecule has 2 aliphatic heterocycles. The van der Waals surface area contributed by atoms with Crippen LogP contribution >= 0.6 is 0 Å². The number of ether oxygens (including phenoxy) is 1. The highest BCUT2D eigenvalue weighted by atomic mass is 16.5. The number of likely N-dealkylation sites (tertiary alicyclic amines) is 1. The molecule has 2 saturated heterocycles. The quantitative estimate of drug-likeness (QED) is 0.915. The molecule has 1 N–H and O–H groups in total. The average Bonchev–Trinajstić information content (AvgIpc) is 2.53. The molecule has 0 saturated carbocycles. The van der Waals surface area contributed by atoms with Crippen molar-refractivity contribution in [3.8, 4) is 0 Å². The minimum Gasteiger partial charge on any atom is -0.390 e. The molecule has 5 nitrogen and oxygen atoms in total. The van der Waals surface area contributed by atoms with E-state index in [-0.39, 0.29) is 11.7 Å². The molecule has 2 aliphatic rings. The smallest absolute Gasteiger partial charge is 0.128 e. The molecule has 1 spiro atoms. The van der Waals surface area contributed by atoms with E-state index in [0.29, 0.717) is 0 Å². The first-order valence-electron chi connectivity index (χ1n) is 8.07. The van der Waals surface area contributed by atoms with Crippen LogP contribution in [0.3, 0.4) is 0 Å². The lowest BCUT2D eigenvalue weighted by Gasteiger charge is -2.46. The maximum absolute atomic E-state index is 10.3. The number of aromatic nitrogens is 2. The van der Waals surface area contributed by atoms with Gasteiger partial charge in [-0.15, -0.1) is 0 Å².